The Morgan fingerprint density at radius 3 is 2.39 bits per heavy atom. The van der Waals surface area contributed by atoms with Crippen LogP contribution < -0.4 is 19.7 Å². The predicted octanol–water partition coefficient (Wildman–Crippen LogP) is 6.93. The maximum Gasteiger partial charge on any atom is 0.573 e. The molecule has 2 aromatic carbocycles. The molecule has 2 heterocycles. The lowest BCUT2D eigenvalue weighted by molar-refractivity contribution is -0.274. The largest absolute Gasteiger partial charge is 0.573 e. The van der Waals surface area contributed by atoms with E-state index in [0.29, 0.717) is 54.5 Å². The molecule has 2 aliphatic rings. The van der Waals surface area contributed by atoms with Gasteiger partial charge in [0.25, 0.3) is 0 Å². The number of piperidine rings is 1. The molecule has 2 aliphatic heterocycles. The number of hydrogen-bond donors (Lipinski definition) is 1. The molecule has 224 valence electrons. The third-order valence-electron chi connectivity index (χ3n) is 6.82. The van der Waals surface area contributed by atoms with E-state index in [1.54, 1.807) is 58.0 Å². The molecule has 2 amide bonds. The van der Waals surface area contributed by atoms with Crippen molar-refractivity contribution in [3.05, 3.63) is 47.0 Å². The van der Waals surface area contributed by atoms with E-state index in [4.69, 9.17) is 21.1 Å². The Labute approximate surface area is 242 Å². The Hall–Kier alpha value is -3.34. The Morgan fingerprint density at radius 1 is 1.00 bits per heavy atom. The van der Waals surface area contributed by atoms with Crippen LogP contribution in [0.2, 0.25) is 5.02 Å². The number of hydrogen-bond acceptors (Lipinski definition) is 6. The first-order valence-corrected chi connectivity index (χ1v) is 13.9. The summed E-state index contributed by atoms with van der Waals surface area (Å²) in [6.07, 6.45) is -2.58. The van der Waals surface area contributed by atoms with Crippen molar-refractivity contribution >= 4 is 35.0 Å². The second-order valence-corrected chi connectivity index (χ2v) is 11.7. The van der Waals surface area contributed by atoms with Crippen LogP contribution in [0.5, 0.6) is 11.5 Å². The molecule has 8 nitrogen and oxygen atoms in total. The minimum absolute atomic E-state index is 0.191. The fourth-order valence-electron chi connectivity index (χ4n) is 4.95. The van der Waals surface area contributed by atoms with Crippen LogP contribution in [0.4, 0.5) is 29.3 Å². The fraction of sp³-hybridized carbons (Fsp3) is 0.517. The summed E-state index contributed by atoms with van der Waals surface area (Å²) in [5.74, 6) is -0.0865. The number of aryl methyl sites for hydroxylation is 1. The topological polar surface area (TPSA) is 80.3 Å². The highest BCUT2D eigenvalue weighted by Gasteiger charge is 2.35. The summed E-state index contributed by atoms with van der Waals surface area (Å²) < 4.78 is 53.4. The Bertz CT molecular complexity index is 1270. The molecule has 4 rings (SSSR count). The standard InChI is InChI=1S/C29H35ClF3N3O5/c1-18-15-20(9-11-24(18)40-29(31,32)33)35-14-12-21(17-35)39-25-10-8-19(16-22(25)30)34-26(37)23-7-5-6-13-36(23)27(38)41-28(2,3)4/h8-11,15-16,21,23H,5-7,12-14,17H2,1-4H3,(H,34,37)/t21-,23+/m0/s1. The Balaban J connectivity index is 1.34. The summed E-state index contributed by atoms with van der Waals surface area (Å²) in [5.41, 5.74) is 0.971. The van der Waals surface area contributed by atoms with E-state index in [1.165, 1.54) is 11.0 Å². The van der Waals surface area contributed by atoms with Crippen LogP contribution in [0.15, 0.2) is 36.4 Å². The normalized spacial score (nSPS) is 19.6. The second-order valence-electron chi connectivity index (χ2n) is 11.3. The van der Waals surface area contributed by atoms with Crippen molar-refractivity contribution in [2.75, 3.05) is 29.9 Å². The summed E-state index contributed by atoms with van der Waals surface area (Å²) in [6.45, 7) is 8.55. The van der Waals surface area contributed by atoms with Crippen molar-refractivity contribution in [2.24, 2.45) is 0 Å². The van der Waals surface area contributed by atoms with Gasteiger partial charge >= 0.3 is 12.5 Å². The zero-order chi connectivity index (χ0) is 29.9. The molecule has 12 heteroatoms. The van der Waals surface area contributed by atoms with Crippen molar-refractivity contribution in [1.29, 1.82) is 0 Å². The maximum atomic E-state index is 13.1. The molecule has 2 aromatic rings. The third-order valence-corrected chi connectivity index (χ3v) is 7.12. The van der Waals surface area contributed by atoms with Crippen molar-refractivity contribution in [3.63, 3.8) is 0 Å². The molecule has 2 fully saturated rings. The maximum absolute atomic E-state index is 13.1. The number of halogens is 4. The van der Waals surface area contributed by atoms with E-state index >= 15 is 0 Å². The first kappa shape index (κ1) is 30.6. The smallest absolute Gasteiger partial charge is 0.487 e. The number of nitrogens with zero attached hydrogens (tertiary/aromatic N) is 2. The van der Waals surface area contributed by atoms with Crippen LogP contribution in [0.25, 0.3) is 0 Å². The number of amides is 2. The molecule has 0 unspecified atom stereocenters. The van der Waals surface area contributed by atoms with Crippen molar-refractivity contribution in [3.8, 4) is 11.5 Å². The van der Waals surface area contributed by atoms with Gasteiger partial charge in [-0.05, 0) is 88.9 Å². The number of likely N-dealkylation sites (tertiary alicyclic amines) is 1. The van der Waals surface area contributed by atoms with Gasteiger partial charge in [-0.25, -0.2) is 4.79 Å². The van der Waals surface area contributed by atoms with Crippen LogP contribution in [0.1, 0.15) is 52.0 Å². The lowest BCUT2D eigenvalue weighted by Gasteiger charge is -2.35. The predicted molar refractivity (Wildman–Crippen MR) is 150 cm³/mol. The van der Waals surface area contributed by atoms with Gasteiger partial charge in [0.1, 0.15) is 29.2 Å². The number of carbonyl (C=O) groups excluding carboxylic acids is 2. The van der Waals surface area contributed by atoms with Gasteiger partial charge in [0, 0.05) is 30.9 Å². The highest BCUT2D eigenvalue weighted by molar-refractivity contribution is 6.32. The molecule has 0 spiro atoms. The van der Waals surface area contributed by atoms with E-state index < -0.39 is 24.1 Å². The Morgan fingerprint density at radius 2 is 1.73 bits per heavy atom. The number of benzene rings is 2. The average molecular weight is 598 g/mol. The molecule has 41 heavy (non-hydrogen) atoms. The van der Waals surface area contributed by atoms with Crippen molar-refractivity contribution in [1.82, 2.24) is 4.90 Å². The number of alkyl halides is 3. The fourth-order valence-corrected chi connectivity index (χ4v) is 5.18. The van der Waals surface area contributed by atoms with Gasteiger partial charge in [-0.3, -0.25) is 9.69 Å². The van der Waals surface area contributed by atoms with Crippen LogP contribution in [0, 0.1) is 6.92 Å². The van der Waals surface area contributed by atoms with Gasteiger partial charge in [-0.15, -0.1) is 13.2 Å². The molecule has 0 saturated carbocycles. The first-order chi connectivity index (χ1) is 19.2. The van der Waals surface area contributed by atoms with Crippen LogP contribution in [-0.4, -0.2) is 60.6 Å². The van der Waals surface area contributed by atoms with E-state index in [-0.39, 0.29) is 17.8 Å². The zero-order valence-corrected chi connectivity index (χ0v) is 24.3. The number of rotatable bonds is 6. The van der Waals surface area contributed by atoms with Gasteiger partial charge < -0.3 is 24.4 Å². The van der Waals surface area contributed by atoms with Crippen LogP contribution in [0.3, 0.4) is 0 Å². The van der Waals surface area contributed by atoms with Gasteiger partial charge in [0.05, 0.1) is 11.6 Å². The summed E-state index contributed by atoms with van der Waals surface area (Å²) in [4.78, 5) is 29.3. The molecular weight excluding hydrogens is 563 g/mol. The van der Waals surface area contributed by atoms with Crippen molar-refractivity contribution < 1.29 is 37.0 Å². The Kier molecular flexibility index (Phi) is 9.16. The summed E-state index contributed by atoms with van der Waals surface area (Å²) in [6, 6.07) is 8.90. The molecule has 0 bridgehead atoms. The highest BCUT2D eigenvalue weighted by Crippen LogP contribution is 2.33. The quantitative estimate of drug-likeness (QED) is 0.389. The first-order valence-electron chi connectivity index (χ1n) is 13.6. The van der Waals surface area contributed by atoms with Gasteiger partial charge in [0.15, 0.2) is 0 Å². The summed E-state index contributed by atoms with van der Waals surface area (Å²) >= 11 is 6.49. The highest BCUT2D eigenvalue weighted by atomic mass is 35.5. The molecule has 1 N–H and O–H groups in total. The summed E-state index contributed by atoms with van der Waals surface area (Å²) in [7, 11) is 0. The summed E-state index contributed by atoms with van der Waals surface area (Å²) in [5, 5.41) is 3.17. The molecule has 0 radical (unpaired) electrons. The number of ether oxygens (including phenoxy) is 3. The lowest BCUT2D eigenvalue weighted by atomic mass is 10.0. The third kappa shape index (κ3) is 8.34. The molecule has 0 aromatic heterocycles. The van der Waals surface area contributed by atoms with Crippen LogP contribution in [-0.2, 0) is 9.53 Å². The number of carbonyl (C=O) groups is 2. The van der Waals surface area contributed by atoms with Gasteiger partial charge in [-0.2, -0.15) is 0 Å². The van der Waals surface area contributed by atoms with E-state index in [0.717, 1.165) is 18.5 Å². The van der Waals surface area contributed by atoms with Gasteiger partial charge in [0.2, 0.25) is 5.91 Å². The minimum Gasteiger partial charge on any atom is -0.487 e. The molecule has 2 saturated heterocycles. The zero-order valence-electron chi connectivity index (χ0n) is 23.5. The molecule has 0 aliphatic carbocycles. The molecular formula is C29H35ClF3N3O5. The number of anilines is 2. The van der Waals surface area contributed by atoms with Crippen LogP contribution >= 0.6 is 11.6 Å². The molecule has 2 atom stereocenters. The monoisotopic (exact) mass is 597 g/mol. The second kappa shape index (κ2) is 12.3. The van der Waals surface area contributed by atoms with E-state index in [2.05, 4.69) is 10.1 Å². The van der Waals surface area contributed by atoms with Crippen molar-refractivity contribution in [2.45, 2.75) is 77.5 Å². The SMILES string of the molecule is Cc1cc(N2CC[C@H](Oc3ccc(NC(=O)[C@H]4CCCCN4C(=O)OC(C)(C)C)cc3Cl)C2)ccc1OC(F)(F)F. The lowest BCUT2D eigenvalue weighted by Crippen LogP contribution is -2.51. The average Bonchev–Trinajstić information content (AvgIpc) is 3.34. The van der Waals surface area contributed by atoms with E-state index in [9.17, 15) is 22.8 Å². The number of nitrogens with one attached hydrogen (secondary N) is 1. The van der Waals surface area contributed by atoms with E-state index in [1.807, 2.05) is 4.90 Å². The van der Waals surface area contributed by atoms with Gasteiger partial charge in [-0.1, -0.05) is 11.6 Å². The minimum atomic E-state index is -4.74.